The molecule has 0 aliphatic carbocycles. The van der Waals surface area contributed by atoms with Crippen molar-refractivity contribution in [3.05, 3.63) is 59.9 Å². The van der Waals surface area contributed by atoms with Crippen LogP contribution < -0.4 is 5.73 Å². The zero-order valence-corrected chi connectivity index (χ0v) is 16.8. The van der Waals surface area contributed by atoms with Crippen LogP contribution in [0, 0.1) is 19.7 Å². The molecule has 4 aromatic rings. The van der Waals surface area contributed by atoms with Crippen molar-refractivity contribution >= 4 is 21.3 Å². The predicted octanol–water partition coefficient (Wildman–Crippen LogP) is 3.20. The average molecular weight is 411 g/mol. The van der Waals surface area contributed by atoms with E-state index < -0.39 is 15.7 Å². The lowest BCUT2D eigenvalue weighted by Crippen LogP contribution is -2.02. The van der Waals surface area contributed by atoms with Gasteiger partial charge in [-0.05, 0) is 37.6 Å². The standard InChI is InChI=1S/C20H18FN5O2S/c1-11-4-5-13(29(3,27)28)7-14(11)18-9-24-20-19(22)25-17(10-26(18)20)15-6-12(2)23-8-16(15)21/h4-10H,1-3H3,(H2,22,25). The average Bonchev–Trinajstić information content (AvgIpc) is 3.07. The number of sulfone groups is 1. The van der Waals surface area contributed by atoms with Crippen LogP contribution in [0.1, 0.15) is 11.3 Å². The number of hydrogen-bond donors (Lipinski definition) is 1. The molecular formula is C20H18FN5O2S. The van der Waals surface area contributed by atoms with Gasteiger partial charge in [0.2, 0.25) is 0 Å². The highest BCUT2D eigenvalue weighted by Crippen LogP contribution is 2.30. The third-order valence-electron chi connectivity index (χ3n) is 4.70. The fourth-order valence-electron chi connectivity index (χ4n) is 3.19. The van der Waals surface area contributed by atoms with Gasteiger partial charge in [0.05, 0.1) is 28.7 Å². The Bertz CT molecular complexity index is 1380. The third-order valence-corrected chi connectivity index (χ3v) is 5.81. The van der Waals surface area contributed by atoms with Gasteiger partial charge in [0, 0.05) is 29.3 Å². The van der Waals surface area contributed by atoms with E-state index in [1.54, 1.807) is 48.0 Å². The highest BCUT2D eigenvalue weighted by molar-refractivity contribution is 7.90. The van der Waals surface area contributed by atoms with Crippen LogP contribution in [0.25, 0.3) is 28.2 Å². The number of pyridine rings is 1. The number of imidazole rings is 1. The van der Waals surface area contributed by atoms with Gasteiger partial charge in [-0.15, -0.1) is 0 Å². The zero-order valence-electron chi connectivity index (χ0n) is 16.0. The van der Waals surface area contributed by atoms with E-state index in [9.17, 15) is 12.8 Å². The van der Waals surface area contributed by atoms with Crippen molar-refractivity contribution in [2.24, 2.45) is 0 Å². The number of anilines is 1. The molecule has 9 heteroatoms. The molecular weight excluding hydrogens is 393 g/mol. The summed E-state index contributed by atoms with van der Waals surface area (Å²) in [6.07, 6.45) is 5.53. The maximum Gasteiger partial charge on any atom is 0.180 e. The molecule has 0 radical (unpaired) electrons. The van der Waals surface area contributed by atoms with E-state index in [0.29, 0.717) is 28.3 Å². The molecule has 0 amide bonds. The van der Waals surface area contributed by atoms with Gasteiger partial charge in [0.25, 0.3) is 0 Å². The highest BCUT2D eigenvalue weighted by atomic mass is 32.2. The Kier molecular flexibility index (Phi) is 4.34. The SMILES string of the molecule is Cc1cc(-c2cn3c(-c4cc(S(C)(=O)=O)ccc4C)cnc3c(N)n2)c(F)cn1. The molecule has 2 N–H and O–H groups in total. The molecule has 0 saturated heterocycles. The quantitative estimate of drug-likeness (QED) is 0.555. The van der Waals surface area contributed by atoms with E-state index in [2.05, 4.69) is 15.0 Å². The molecule has 7 nitrogen and oxygen atoms in total. The maximum absolute atomic E-state index is 14.3. The van der Waals surface area contributed by atoms with E-state index >= 15 is 0 Å². The second-order valence-corrected chi connectivity index (χ2v) is 8.92. The number of rotatable bonds is 3. The molecule has 0 bridgehead atoms. The summed E-state index contributed by atoms with van der Waals surface area (Å²) < 4.78 is 40.0. The summed E-state index contributed by atoms with van der Waals surface area (Å²) in [5.41, 5.74) is 9.90. The summed E-state index contributed by atoms with van der Waals surface area (Å²) in [4.78, 5) is 12.8. The smallest absolute Gasteiger partial charge is 0.180 e. The first kappa shape index (κ1) is 19.0. The Morgan fingerprint density at radius 3 is 2.55 bits per heavy atom. The lowest BCUT2D eigenvalue weighted by molar-refractivity contribution is 0.602. The van der Waals surface area contributed by atoms with Crippen LogP contribution in [0.15, 0.2) is 47.8 Å². The molecule has 0 fully saturated rings. The second kappa shape index (κ2) is 6.63. The largest absolute Gasteiger partial charge is 0.381 e. The van der Waals surface area contributed by atoms with Crippen LogP contribution in [-0.4, -0.2) is 34.0 Å². The minimum absolute atomic E-state index is 0.138. The van der Waals surface area contributed by atoms with Crippen molar-refractivity contribution in [1.82, 2.24) is 19.4 Å². The molecule has 29 heavy (non-hydrogen) atoms. The van der Waals surface area contributed by atoms with Crippen LogP contribution >= 0.6 is 0 Å². The van der Waals surface area contributed by atoms with Crippen LogP contribution in [0.5, 0.6) is 0 Å². The van der Waals surface area contributed by atoms with Crippen molar-refractivity contribution < 1.29 is 12.8 Å². The van der Waals surface area contributed by atoms with Gasteiger partial charge >= 0.3 is 0 Å². The molecule has 0 aliphatic heterocycles. The molecule has 1 aromatic carbocycles. The van der Waals surface area contributed by atoms with Crippen LogP contribution in [0.3, 0.4) is 0 Å². The number of halogens is 1. The first-order chi connectivity index (χ1) is 13.6. The Balaban J connectivity index is 1.99. The van der Waals surface area contributed by atoms with Crippen LogP contribution in [0.4, 0.5) is 10.2 Å². The van der Waals surface area contributed by atoms with Gasteiger partial charge in [-0.1, -0.05) is 6.07 Å². The minimum atomic E-state index is -3.38. The molecule has 148 valence electrons. The summed E-state index contributed by atoms with van der Waals surface area (Å²) in [6, 6.07) is 6.49. The number of aryl methyl sites for hydroxylation is 2. The Hall–Kier alpha value is -3.33. The lowest BCUT2D eigenvalue weighted by Gasteiger charge is -2.11. The molecule has 3 aromatic heterocycles. The van der Waals surface area contributed by atoms with Gasteiger partial charge < -0.3 is 5.73 Å². The van der Waals surface area contributed by atoms with Crippen molar-refractivity contribution in [3.63, 3.8) is 0 Å². The molecule has 0 atom stereocenters. The lowest BCUT2D eigenvalue weighted by atomic mass is 10.1. The fraction of sp³-hybridized carbons (Fsp3) is 0.150. The number of nitrogen functional groups attached to an aromatic ring is 1. The van der Waals surface area contributed by atoms with Crippen molar-refractivity contribution in [1.29, 1.82) is 0 Å². The molecule has 0 aliphatic rings. The Morgan fingerprint density at radius 1 is 1.07 bits per heavy atom. The number of benzene rings is 1. The van der Waals surface area contributed by atoms with E-state index in [4.69, 9.17) is 5.73 Å². The van der Waals surface area contributed by atoms with E-state index in [-0.39, 0.29) is 16.3 Å². The van der Waals surface area contributed by atoms with Crippen molar-refractivity contribution in [2.75, 3.05) is 12.0 Å². The number of nitrogens with two attached hydrogens (primary N) is 1. The first-order valence-electron chi connectivity index (χ1n) is 8.72. The number of fused-ring (bicyclic) bond motifs is 1. The zero-order chi connectivity index (χ0) is 20.9. The molecule has 4 rings (SSSR count). The minimum Gasteiger partial charge on any atom is -0.381 e. The monoisotopic (exact) mass is 411 g/mol. The molecule has 0 spiro atoms. The predicted molar refractivity (Wildman–Crippen MR) is 109 cm³/mol. The summed E-state index contributed by atoms with van der Waals surface area (Å²) in [6.45, 7) is 3.63. The van der Waals surface area contributed by atoms with Crippen LogP contribution in [-0.2, 0) is 9.84 Å². The second-order valence-electron chi connectivity index (χ2n) is 6.90. The number of aromatic nitrogens is 4. The summed E-state index contributed by atoms with van der Waals surface area (Å²) in [5.74, 6) is -0.377. The van der Waals surface area contributed by atoms with Gasteiger partial charge in [-0.25, -0.2) is 22.8 Å². The third kappa shape index (κ3) is 3.33. The number of hydrogen-bond acceptors (Lipinski definition) is 6. The first-order valence-corrected chi connectivity index (χ1v) is 10.6. The van der Waals surface area contributed by atoms with Crippen molar-refractivity contribution in [3.8, 4) is 22.5 Å². The summed E-state index contributed by atoms with van der Waals surface area (Å²) in [5, 5.41) is 0. The van der Waals surface area contributed by atoms with Crippen molar-refractivity contribution in [2.45, 2.75) is 18.7 Å². The molecule has 0 unspecified atom stereocenters. The summed E-state index contributed by atoms with van der Waals surface area (Å²) in [7, 11) is -3.38. The fourth-order valence-corrected chi connectivity index (χ4v) is 3.84. The molecule has 0 saturated carbocycles. The Morgan fingerprint density at radius 2 is 1.83 bits per heavy atom. The number of nitrogens with zero attached hydrogens (tertiary/aromatic N) is 4. The Labute approximate surface area is 167 Å². The van der Waals surface area contributed by atoms with E-state index in [1.165, 1.54) is 0 Å². The van der Waals surface area contributed by atoms with Crippen LogP contribution in [0.2, 0.25) is 0 Å². The normalized spacial score (nSPS) is 11.9. The van der Waals surface area contributed by atoms with Gasteiger partial charge in [0.1, 0.15) is 0 Å². The van der Waals surface area contributed by atoms with Gasteiger partial charge in [-0.3, -0.25) is 9.38 Å². The van der Waals surface area contributed by atoms with E-state index in [0.717, 1.165) is 18.0 Å². The van der Waals surface area contributed by atoms with Gasteiger partial charge in [-0.2, -0.15) is 0 Å². The topological polar surface area (TPSA) is 103 Å². The van der Waals surface area contributed by atoms with E-state index in [1.807, 2.05) is 6.92 Å². The van der Waals surface area contributed by atoms with Gasteiger partial charge in [0.15, 0.2) is 27.1 Å². The summed E-state index contributed by atoms with van der Waals surface area (Å²) >= 11 is 0. The molecule has 3 heterocycles. The maximum atomic E-state index is 14.3. The highest BCUT2D eigenvalue weighted by Gasteiger charge is 2.17.